The number of aliphatic hydroxyl groups excluding tert-OH is 1. The van der Waals surface area contributed by atoms with Gasteiger partial charge in [-0.15, -0.1) is 11.3 Å². The fourth-order valence-corrected chi connectivity index (χ4v) is 5.20. The third-order valence-corrected chi connectivity index (χ3v) is 7.37. The van der Waals surface area contributed by atoms with Crippen LogP contribution in [0.25, 0.3) is 21.6 Å². The zero-order valence-electron chi connectivity index (χ0n) is 21.6. The highest BCUT2D eigenvalue weighted by Gasteiger charge is 2.24. The molecule has 0 aliphatic rings. The summed E-state index contributed by atoms with van der Waals surface area (Å²) in [6.07, 6.45) is -0.120. The molecule has 0 aliphatic heterocycles. The lowest BCUT2D eigenvalue weighted by Crippen LogP contribution is -2.48. The van der Waals surface area contributed by atoms with Crippen LogP contribution in [-0.4, -0.2) is 45.0 Å². The molecule has 0 aliphatic carbocycles. The van der Waals surface area contributed by atoms with Crippen LogP contribution in [0, 0.1) is 11.6 Å². The molecule has 1 amide bonds. The molecule has 0 unspecified atom stereocenters. The number of aromatic nitrogens is 3. The van der Waals surface area contributed by atoms with Crippen LogP contribution in [0.1, 0.15) is 34.1 Å². The average molecular weight is 564 g/mol. The molecule has 0 saturated carbocycles. The number of nitrogens with one attached hydrogen (secondary N) is 2. The summed E-state index contributed by atoms with van der Waals surface area (Å²) in [6, 6.07) is 15.7. The predicted molar refractivity (Wildman–Crippen MR) is 148 cm³/mol. The van der Waals surface area contributed by atoms with Crippen molar-refractivity contribution in [3.05, 3.63) is 100 Å². The molecular formula is C29H27F2N5O3S. The van der Waals surface area contributed by atoms with Crippen LogP contribution < -0.4 is 10.6 Å². The van der Waals surface area contributed by atoms with Gasteiger partial charge in [-0.2, -0.15) is 0 Å². The van der Waals surface area contributed by atoms with E-state index in [1.165, 1.54) is 29.0 Å². The van der Waals surface area contributed by atoms with Crippen LogP contribution in [0.3, 0.4) is 0 Å². The molecule has 8 nitrogen and oxygen atoms in total. The number of carbonyl (C=O) groups excluding carboxylic acids is 1. The number of hydrogen-bond donors (Lipinski definition) is 3. The molecule has 11 heteroatoms. The van der Waals surface area contributed by atoms with Crippen molar-refractivity contribution in [2.45, 2.75) is 38.5 Å². The van der Waals surface area contributed by atoms with E-state index in [4.69, 9.17) is 4.63 Å². The lowest BCUT2D eigenvalue weighted by molar-refractivity contribution is 0.0826. The van der Waals surface area contributed by atoms with Crippen LogP contribution in [0.4, 0.5) is 8.78 Å². The SMILES string of the molecule is CCc1cccc(CNC[C@H](O)[C@H](Cc2cc(F)cc(F)c2)NC(=O)c2csc(-c3ccc4nonc4c3)n2)c1. The van der Waals surface area contributed by atoms with Gasteiger partial charge in [0.25, 0.3) is 5.91 Å². The van der Waals surface area contributed by atoms with Crippen molar-refractivity contribution in [3.8, 4) is 10.6 Å². The normalized spacial score (nSPS) is 12.9. The van der Waals surface area contributed by atoms with E-state index in [2.05, 4.69) is 45.0 Å². The first-order valence-electron chi connectivity index (χ1n) is 12.8. The Morgan fingerprint density at radius 3 is 2.58 bits per heavy atom. The molecule has 3 aromatic carbocycles. The molecule has 2 atom stereocenters. The second-order valence-electron chi connectivity index (χ2n) is 9.44. The Kier molecular flexibility index (Phi) is 8.54. The third kappa shape index (κ3) is 6.74. The zero-order chi connectivity index (χ0) is 28.1. The summed E-state index contributed by atoms with van der Waals surface area (Å²) in [5, 5.41) is 26.9. The van der Waals surface area contributed by atoms with Crippen LogP contribution >= 0.6 is 11.3 Å². The van der Waals surface area contributed by atoms with Crippen molar-refractivity contribution in [3.63, 3.8) is 0 Å². The van der Waals surface area contributed by atoms with Gasteiger partial charge in [0.15, 0.2) is 0 Å². The highest BCUT2D eigenvalue weighted by atomic mass is 32.1. The molecule has 0 fully saturated rings. The second-order valence-corrected chi connectivity index (χ2v) is 10.3. The van der Waals surface area contributed by atoms with Gasteiger partial charge in [0.05, 0.1) is 12.1 Å². The van der Waals surface area contributed by atoms with Gasteiger partial charge < -0.3 is 15.7 Å². The van der Waals surface area contributed by atoms with Crippen LogP contribution in [0.2, 0.25) is 0 Å². The van der Waals surface area contributed by atoms with Gasteiger partial charge >= 0.3 is 0 Å². The van der Waals surface area contributed by atoms with Gasteiger partial charge in [0.1, 0.15) is 33.4 Å². The van der Waals surface area contributed by atoms with Gasteiger partial charge in [0, 0.05) is 30.1 Å². The minimum atomic E-state index is -1.05. The lowest BCUT2D eigenvalue weighted by atomic mass is 10.00. The molecule has 0 radical (unpaired) electrons. The summed E-state index contributed by atoms with van der Waals surface area (Å²) >= 11 is 1.28. The van der Waals surface area contributed by atoms with E-state index in [1.54, 1.807) is 23.6 Å². The Bertz CT molecular complexity index is 1600. The quantitative estimate of drug-likeness (QED) is 0.214. The van der Waals surface area contributed by atoms with Crippen LogP contribution in [0.5, 0.6) is 0 Å². The van der Waals surface area contributed by atoms with E-state index < -0.39 is 29.7 Å². The Hall–Kier alpha value is -4.06. The summed E-state index contributed by atoms with van der Waals surface area (Å²) < 4.78 is 32.5. The van der Waals surface area contributed by atoms with Crippen LogP contribution in [0.15, 0.2) is 70.7 Å². The Morgan fingerprint density at radius 2 is 1.77 bits per heavy atom. The molecule has 2 aromatic heterocycles. The minimum absolute atomic E-state index is 0.0153. The number of amides is 1. The molecule has 0 saturated heterocycles. The van der Waals surface area contributed by atoms with Crippen molar-refractivity contribution >= 4 is 28.3 Å². The number of aryl methyl sites for hydroxylation is 1. The smallest absolute Gasteiger partial charge is 0.271 e. The fourth-order valence-electron chi connectivity index (χ4n) is 4.40. The van der Waals surface area contributed by atoms with E-state index in [9.17, 15) is 18.7 Å². The predicted octanol–water partition coefficient (Wildman–Crippen LogP) is 4.68. The van der Waals surface area contributed by atoms with Crippen LogP contribution in [-0.2, 0) is 19.4 Å². The minimum Gasteiger partial charge on any atom is -0.390 e. The molecule has 40 heavy (non-hydrogen) atoms. The van der Waals surface area contributed by atoms with Gasteiger partial charge in [-0.05, 0) is 70.2 Å². The first kappa shape index (κ1) is 27.5. The largest absolute Gasteiger partial charge is 0.390 e. The van der Waals surface area contributed by atoms with Crippen molar-refractivity contribution in [1.29, 1.82) is 0 Å². The Balaban J connectivity index is 1.29. The van der Waals surface area contributed by atoms with E-state index in [0.29, 0.717) is 28.1 Å². The number of aliphatic hydroxyl groups is 1. The first-order valence-corrected chi connectivity index (χ1v) is 13.7. The summed E-state index contributed by atoms with van der Waals surface area (Å²) in [6.45, 7) is 2.74. The highest BCUT2D eigenvalue weighted by Crippen LogP contribution is 2.26. The molecule has 5 rings (SSSR count). The maximum atomic E-state index is 13.9. The van der Waals surface area contributed by atoms with Crippen molar-refractivity contribution < 1.29 is 23.3 Å². The number of carbonyl (C=O) groups is 1. The number of nitrogens with zero attached hydrogens (tertiary/aromatic N) is 3. The number of thiazole rings is 1. The lowest BCUT2D eigenvalue weighted by Gasteiger charge is -2.24. The fraction of sp³-hybridized carbons (Fsp3) is 0.241. The van der Waals surface area contributed by atoms with Crippen molar-refractivity contribution in [1.82, 2.24) is 25.9 Å². The number of halogens is 2. The molecular weight excluding hydrogens is 536 g/mol. The monoisotopic (exact) mass is 563 g/mol. The highest BCUT2D eigenvalue weighted by molar-refractivity contribution is 7.13. The number of rotatable bonds is 11. The summed E-state index contributed by atoms with van der Waals surface area (Å²) in [7, 11) is 0. The number of benzene rings is 3. The first-order chi connectivity index (χ1) is 19.4. The molecule has 5 aromatic rings. The van der Waals surface area contributed by atoms with Gasteiger partial charge in [0.2, 0.25) is 0 Å². The van der Waals surface area contributed by atoms with E-state index >= 15 is 0 Å². The second kappa shape index (κ2) is 12.4. The van der Waals surface area contributed by atoms with E-state index in [-0.39, 0.29) is 18.7 Å². The van der Waals surface area contributed by atoms with Crippen molar-refractivity contribution in [2.24, 2.45) is 0 Å². The van der Waals surface area contributed by atoms with Gasteiger partial charge in [-0.3, -0.25) is 4.79 Å². The summed E-state index contributed by atoms with van der Waals surface area (Å²) in [5.74, 6) is -1.97. The molecule has 2 heterocycles. The molecule has 3 N–H and O–H groups in total. The third-order valence-electron chi connectivity index (χ3n) is 6.48. The Morgan fingerprint density at radius 1 is 1.00 bits per heavy atom. The molecule has 0 spiro atoms. The van der Waals surface area contributed by atoms with Gasteiger partial charge in [-0.1, -0.05) is 31.2 Å². The van der Waals surface area contributed by atoms with E-state index in [1.807, 2.05) is 12.1 Å². The molecule has 206 valence electrons. The topological polar surface area (TPSA) is 113 Å². The molecule has 0 bridgehead atoms. The Labute approximate surface area is 233 Å². The van der Waals surface area contributed by atoms with E-state index in [0.717, 1.165) is 23.6 Å². The summed E-state index contributed by atoms with van der Waals surface area (Å²) in [5.41, 5.74) is 4.66. The van der Waals surface area contributed by atoms with Crippen molar-refractivity contribution in [2.75, 3.05) is 6.54 Å². The average Bonchev–Trinajstić information content (AvgIpc) is 3.62. The standard InChI is InChI=1S/C29H27F2N5O3S/c1-2-17-4-3-5-18(8-17)14-32-15-27(37)25(11-19-9-21(30)13-22(31)10-19)33-28(38)26-16-40-29(34-26)20-6-7-23-24(12-20)36-39-35-23/h3-10,12-13,16,25,27,32,37H,2,11,14-15H2,1H3,(H,33,38)/t25-,27-/m0/s1. The zero-order valence-corrected chi connectivity index (χ0v) is 22.4. The summed E-state index contributed by atoms with van der Waals surface area (Å²) in [4.78, 5) is 17.6. The number of hydrogen-bond acceptors (Lipinski definition) is 8. The maximum Gasteiger partial charge on any atom is 0.271 e. The van der Waals surface area contributed by atoms with Gasteiger partial charge in [-0.25, -0.2) is 18.4 Å². The number of fused-ring (bicyclic) bond motifs is 1. The maximum absolute atomic E-state index is 13.9.